The van der Waals surface area contributed by atoms with E-state index in [4.69, 9.17) is 16.3 Å². The lowest BCUT2D eigenvalue weighted by Crippen LogP contribution is -2.40. The number of ether oxygens (including phenoxy) is 1. The van der Waals surface area contributed by atoms with Crippen LogP contribution in [0.25, 0.3) is 0 Å². The molecule has 0 aliphatic heterocycles. The third-order valence-electron chi connectivity index (χ3n) is 4.11. The molecular formula is C20H23ClN2O3. The number of rotatable bonds is 6. The van der Waals surface area contributed by atoms with Crippen molar-refractivity contribution < 1.29 is 14.3 Å². The van der Waals surface area contributed by atoms with Gasteiger partial charge in [-0.3, -0.25) is 14.5 Å². The van der Waals surface area contributed by atoms with E-state index in [9.17, 15) is 9.59 Å². The molecule has 6 heteroatoms. The number of likely N-dealkylation sites (N-methyl/N-ethyl adjacent to an activating group) is 1. The summed E-state index contributed by atoms with van der Waals surface area (Å²) in [7, 11) is 3.23. The number of carbonyl (C=O) groups excluding carboxylic acids is 2. The molecule has 0 bridgehead atoms. The molecule has 26 heavy (non-hydrogen) atoms. The molecule has 0 saturated heterocycles. The lowest BCUT2D eigenvalue weighted by Gasteiger charge is -2.26. The fourth-order valence-electron chi connectivity index (χ4n) is 2.59. The van der Waals surface area contributed by atoms with Crippen LogP contribution >= 0.6 is 11.6 Å². The van der Waals surface area contributed by atoms with Gasteiger partial charge in [-0.05, 0) is 24.1 Å². The number of benzene rings is 2. The number of halogens is 1. The maximum absolute atomic E-state index is 12.7. The summed E-state index contributed by atoms with van der Waals surface area (Å²) in [5.74, 6) is 0.0412. The predicted molar refractivity (Wildman–Crippen MR) is 104 cm³/mol. The Morgan fingerprint density at radius 3 is 2.38 bits per heavy atom. The minimum absolute atomic E-state index is 0.0733. The summed E-state index contributed by atoms with van der Waals surface area (Å²) in [6.45, 7) is 3.67. The first-order valence-corrected chi connectivity index (χ1v) is 8.61. The number of hydrogen-bond donors (Lipinski definition) is 0. The molecule has 0 atom stereocenters. The van der Waals surface area contributed by atoms with Crippen LogP contribution in [0.2, 0.25) is 5.02 Å². The molecule has 0 heterocycles. The van der Waals surface area contributed by atoms with E-state index in [-0.39, 0.29) is 18.4 Å². The van der Waals surface area contributed by atoms with Crippen molar-refractivity contribution in [1.82, 2.24) is 4.90 Å². The third kappa shape index (κ3) is 4.76. The van der Waals surface area contributed by atoms with Crippen LogP contribution in [0.5, 0.6) is 5.75 Å². The number of carbonyl (C=O) groups is 2. The molecule has 2 aromatic rings. The van der Waals surface area contributed by atoms with Crippen LogP contribution in [0.3, 0.4) is 0 Å². The van der Waals surface area contributed by atoms with Crippen molar-refractivity contribution in [1.29, 1.82) is 0 Å². The van der Waals surface area contributed by atoms with Crippen LogP contribution in [0.1, 0.15) is 18.1 Å². The highest BCUT2D eigenvalue weighted by Crippen LogP contribution is 2.34. The van der Waals surface area contributed by atoms with Gasteiger partial charge in [0.15, 0.2) is 0 Å². The normalized spacial score (nSPS) is 10.3. The van der Waals surface area contributed by atoms with E-state index >= 15 is 0 Å². The number of nitrogens with zero attached hydrogens (tertiary/aromatic N) is 2. The Balaban J connectivity index is 2.22. The van der Waals surface area contributed by atoms with E-state index in [1.165, 1.54) is 18.9 Å². The largest absolute Gasteiger partial charge is 0.495 e. The van der Waals surface area contributed by atoms with Crippen molar-refractivity contribution in [3.8, 4) is 5.75 Å². The Morgan fingerprint density at radius 2 is 1.81 bits per heavy atom. The first kappa shape index (κ1) is 19.8. The summed E-state index contributed by atoms with van der Waals surface area (Å²) >= 11 is 6.14. The van der Waals surface area contributed by atoms with Crippen molar-refractivity contribution in [3.63, 3.8) is 0 Å². The van der Waals surface area contributed by atoms with Crippen LogP contribution in [0.4, 0.5) is 5.69 Å². The third-order valence-corrected chi connectivity index (χ3v) is 4.52. The van der Waals surface area contributed by atoms with Gasteiger partial charge < -0.3 is 9.64 Å². The molecule has 0 radical (unpaired) electrons. The predicted octanol–water partition coefficient (Wildman–Crippen LogP) is 3.67. The average Bonchev–Trinajstić information content (AvgIpc) is 2.62. The maximum atomic E-state index is 12.7. The van der Waals surface area contributed by atoms with E-state index < -0.39 is 0 Å². The van der Waals surface area contributed by atoms with Gasteiger partial charge in [-0.25, -0.2) is 0 Å². The van der Waals surface area contributed by atoms with Gasteiger partial charge in [0.1, 0.15) is 12.3 Å². The quantitative estimate of drug-likeness (QED) is 0.775. The minimum Gasteiger partial charge on any atom is -0.495 e. The maximum Gasteiger partial charge on any atom is 0.242 e. The van der Waals surface area contributed by atoms with Crippen molar-refractivity contribution in [2.45, 2.75) is 20.4 Å². The molecule has 2 amide bonds. The summed E-state index contributed by atoms with van der Waals surface area (Å²) < 4.78 is 5.35. The Labute approximate surface area is 159 Å². The highest BCUT2D eigenvalue weighted by molar-refractivity contribution is 6.31. The molecule has 0 unspecified atom stereocenters. The summed E-state index contributed by atoms with van der Waals surface area (Å²) in [5.41, 5.74) is 2.36. The van der Waals surface area contributed by atoms with Crippen molar-refractivity contribution in [3.05, 3.63) is 58.6 Å². The van der Waals surface area contributed by atoms with Gasteiger partial charge in [-0.15, -0.1) is 0 Å². The van der Waals surface area contributed by atoms with E-state index in [0.717, 1.165) is 11.1 Å². The average molecular weight is 375 g/mol. The molecule has 0 saturated carbocycles. The smallest absolute Gasteiger partial charge is 0.242 e. The van der Waals surface area contributed by atoms with Crippen LogP contribution in [-0.2, 0) is 16.1 Å². The van der Waals surface area contributed by atoms with Gasteiger partial charge in [-0.1, -0.05) is 41.9 Å². The standard InChI is InChI=1S/C20H23ClN2O3/c1-14-10-18(19(26-4)11-17(14)21)23(15(2)24)13-20(25)22(3)12-16-8-6-5-7-9-16/h5-11H,12-13H2,1-4H3. The number of amides is 2. The molecule has 2 aromatic carbocycles. The van der Waals surface area contributed by atoms with Crippen LogP contribution in [0, 0.1) is 6.92 Å². The lowest BCUT2D eigenvalue weighted by molar-refractivity contribution is -0.130. The highest BCUT2D eigenvalue weighted by Gasteiger charge is 2.22. The second-order valence-electron chi connectivity index (χ2n) is 6.11. The summed E-state index contributed by atoms with van der Waals surface area (Å²) in [6, 6.07) is 13.1. The molecule has 0 spiro atoms. The molecule has 0 aliphatic rings. The van der Waals surface area contributed by atoms with E-state index in [2.05, 4.69) is 0 Å². The molecule has 0 aromatic heterocycles. The fraction of sp³-hybridized carbons (Fsp3) is 0.300. The topological polar surface area (TPSA) is 49.9 Å². The molecule has 0 fully saturated rings. The van der Waals surface area contributed by atoms with E-state index in [1.807, 2.05) is 37.3 Å². The zero-order valence-electron chi connectivity index (χ0n) is 15.5. The Bertz CT molecular complexity index is 793. The SMILES string of the molecule is COc1cc(Cl)c(C)cc1N(CC(=O)N(C)Cc1ccccc1)C(C)=O. The van der Waals surface area contributed by atoms with Crippen LogP contribution in [-0.4, -0.2) is 37.4 Å². The van der Waals surface area contributed by atoms with Gasteiger partial charge in [0, 0.05) is 31.6 Å². The minimum atomic E-state index is -0.244. The Morgan fingerprint density at radius 1 is 1.15 bits per heavy atom. The van der Waals surface area contributed by atoms with Gasteiger partial charge in [0.25, 0.3) is 0 Å². The molecule has 0 N–H and O–H groups in total. The van der Waals surface area contributed by atoms with E-state index in [1.54, 1.807) is 24.1 Å². The number of aryl methyl sites for hydroxylation is 1. The van der Waals surface area contributed by atoms with Crippen LogP contribution < -0.4 is 9.64 Å². The monoisotopic (exact) mass is 374 g/mol. The number of anilines is 1. The molecule has 138 valence electrons. The van der Waals surface area contributed by atoms with Crippen molar-refractivity contribution in [2.75, 3.05) is 25.6 Å². The molecule has 0 aliphatic carbocycles. The second kappa shape index (κ2) is 8.72. The Kier molecular flexibility index (Phi) is 6.64. The summed E-state index contributed by atoms with van der Waals surface area (Å²) in [5, 5.41) is 0.543. The zero-order valence-corrected chi connectivity index (χ0v) is 16.2. The number of methoxy groups -OCH3 is 1. The molecule has 5 nitrogen and oxygen atoms in total. The molecular weight excluding hydrogens is 352 g/mol. The lowest BCUT2D eigenvalue weighted by atomic mass is 10.1. The van der Waals surface area contributed by atoms with Gasteiger partial charge in [0.2, 0.25) is 11.8 Å². The van der Waals surface area contributed by atoms with Gasteiger partial charge in [-0.2, -0.15) is 0 Å². The van der Waals surface area contributed by atoms with Crippen LogP contribution in [0.15, 0.2) is 42.5 Å². The first-order chi connectivity index (χ1) is 12.3. The zero-order chi connectivity index (χ0) is 19.3. The second-order valence-corrected chi connectivity index (χ2v) is 6.52. The fourth-order valence-corrected chi connectivity index (χ4v) is 2.74. The summed E-state index contributed by atoms with van der Waals surface area (Å²) in [6.07, 6.45) is 0. The van der Waals surface area contributed by atoms with Crippen molar-refractivity contribution in [2.24, 2.45) is 0 Å². The van der Waals surface area contributed by atoms with Gasteiger partial charge >= 0.3 is 0 Å². The Hall–Kier alpha value is -2.53. The number of hydrogen-bond acceptors (Lipinski definition) is 3. The highest BCUT2D eigenvalue weighted by atomic mass is 35.5. The first-order valence-electron chi connectivity index (χ1n) is 8.23. The van der Waals surface area contributed by atoms with E-state index in [0.29, 0.717) is 23.0 Å². The summed E-state index contributed by atoms with van der Waals surface area (Å²) in [4.78, 5) is 27.9. The van der Waals surface area contributed by atoms with Gasteiger partial charge in [0.05, 0.1) is 12.8 Å². The molecule has 2 rings (SSSR count). The van der Waals surface area contributed by atoms with Crippen molar-refractivity contribution >= 4 is 29.1 Å².